The molecule has 0 aliphatic carbocycles. The van der Waals surface area contributed by atoms with Crippen LogP contribution in [-0.2, 0) is 11.3 Å². The molecule has 0 aliphatic heterocycles. The Morgan fingerprint density at radius 1 is 1.77 bits per heavy atom. The normalized spacial score (nSPS) is 12.8. The molecule has 1 aromatic rings. The minimum Gasteiger partial charge on any atom is -0.481 e. The first-order valence-electron chi connectivity index (χ1n) is 4.09. The summed E-state index contributed by atoms with van der Waals surface area (Å²) in [6.45, 7) is 1.46. The Bertz CT molecular complexity index is 296. The predicted octanol–water partition coefficient (Wildman–Crippen LogP) is 1.65. The van der Waals surface area contributed by atoms with E-state index in [9.17, 15) is 9.18 Å². The number of hydrogen-bond acceptors (Lipinski definition) is 1. The van der Waals surface area contributed by atoms with Crippen molar-refractivity contribution in [2.45, 2.75) is 19.4 Å². The number of alkyl halides is 1. The van der Waals surface area contributed by atoms with Crippen molar-refractivity contribution in [1.82, 2.24) is 4.57 Å². The molecule has 0 saturated carbocycles. The van der Waals surface area contributed by atoms with Gasteiger partial charge in [-0.25, -0.2) is 4.39 Å². The van der Waals surface area contributed by atoms with Crippen molar-refractivity contribution in [2.75, 3.05) is 6.67 Å². The van der Waals surface area contributed by atoms with Crippen LogP contribution < -0.4 is 0 Å². The number of hydrogen-bond donors (Lipinski definition) is 1. The van der Waals surface area contributed by atoms with E-state index in [4.69, 9.17) is 5.11 Å². The van der Waals surface area contributed by atoms with Gasteiger partial charge in [0, 0.05) is 12.4 Å². The molecule has 0 aliphatic rings. The maximum Gasteiger partial charge on any atom is 0.310 e. The molecule has 0 amide bonds. The largest absolute Gasteiger partial charge is 0.481 e. The van der Waals surface area contributed by atoms with Crippen molar-refractivity contribution in [3.8, 4) is 0 Å². The van der Waals surface area contributed by atoms with Crippen molar-refractivity contribution >= 4 is 5.97 Å². The van der Waals surface area contributed by atoms with Crippen molar-refractivity contribution in [3.05, 3.63) is 24.0 Å². The number of carboxylic acid groups (broad SMARTS) is 1. The molecule has 3 nitrogen and oxygen atoms in total. The fourth-order valence-corrected chi connectivity index (χ4v) is 1.09. The third-order valence-corrected chi connectivity index (χ3v) is 1.99. The van der Waals surface area contributed by atoms with Gasteiger partial charge in [0.25, 0.3) is 0 Å². The molecule has 1 N–H and O–H groups in total. The van der Waals surface area contributed by atoms with Gasteiger partial charge in [-0.3, -0.25) is 4.79 Å². The van der Waals surface area contributed by atoms with E-state index in [1.54, 1.807) is 30.0 Å². The molecule has 72 valence electrons. The van der Waals surface area contributed by atoms with E-state index in [-0.39, 0.29) is 6.54 Å². The summed E-state index contributed by atoms with van der Waals surface area (Å²) >= 11 is 0. The summed E-state index contributed by atoms with van der Waals surface area (Å²) in [5, 5.41) is 8.69. The van der Waals surface area contributed by atoms with Crippen molar-refractivity contribution in [1.29, 1.82) is 0 Å². The highest BCUT2D eigenvalue weighted by molar-refractivity contribution is 5.75. The Morgan fingerprint density at radius 3 is 3.00 bits per heavy atom. The SMILES string of the molecule is CC(C(=O)O)c1ccn(CCF)c1. The Labute approximate surface area is 75.8 Å². The quantitative estimate of drug-likeness (QED) is 0.774. The second kappa shape index (κ2) is 4.07. The summed E-state index contributed by atoms with van der Waals surface area (Å²) in [5.41, 5.74) is 0.709. The Morgan fingerprint density at radius 2 is 2.46 bits per heavy atom. The van der Waals surface area contributed by atoms with Crippen molar-refractivity contribution < 1.29 is 14.3 Å². The van der Waals surface area contributed by atoms with E-state index in [1.165, 1.54) is 0 Å². The first-order valence-corrected chi connectivity index (χ1v) is 4.09. The lowest BCUT2D eigenvalue weighted by atomic mass is 10.1. The number of aliphatic carboxylic acids is 1. The second-order valence-electron chi connectivity index (χ2n) is 2.93. The van der Waals surface area contributed by atoms with Crippen LogP contribution >= 0.6 is 0 Å². The molecule has 1 rings (SSSR count). The monoisotopic (exact) mass is 185 g/mol. The molecule has 0 aromatic carbocycles. The highest BCUT2D eigenvalue weighted by atomic mass is 19.1. The number of carbonyl (C=O) groups is 1. The molecule has 0 radical (unpaired) electrons. The zero-order chi connectivity index (χ0) is 9.84. The van der Waals surface area contributed by atoms with E-state index in [0.717, 1.165) is 0 Å². The van der Waals surface area contributed by atoms with Gasteiger partial charge in [-0.1, -0.05) is 0 Å². The van der Waals surface area contributed by atoms with Crippen LogP contribution in [-0.4, -0.2) is 22.3 Å². The van der Waals surface area contributed by atoms with E-state index < -0.39 is 18.6 Å². The van der Waals surface area contributed by atoms with E-state index >= 15 is 0 Å². The van der Waals surface area contributed by atoms with Crippen LogP contribution in [0.5, 0.6) is 0 Å². The molecule has 0 spiro atoms. The van der Waals surface area contributed by atoms with E-state index in [2.05, 4.69) is 0 Å². The van der Waals surface area contributed by atoms with Gasteiger partial charge in [-0.15, -0.1) is 0 Å². The number of nitrogens with zero attached hydrogens (tertiary/aromatic N) is 1. The molecule has 1 heterocycles. The van der Waals surface area contributed by atoms with Gasteiger partial charge in [0.1, 0.15) is 6.67 Å². The zero-order valence-electron chi connectivity index (χ0n) is 7.40. The molecule has 0 bridgehead atoms. The Balaban J connectivity index is 2.73. The van der Waals surface area contributed by atoms with Crippen molar-refractivity contribution in [2.24, 2.45) is 0 Å². The van der Waals surface area contributed by atoms with Crippen molar-refractivity contribution in [3.63, 3.8) is 0 Å². The molecule has 1 unspecified atom stereocenters. The zero-order valence-corrected chi connectivity index (χ0v) is 7.40. The molecule has 0 fully saturated rings. The molecule has 0 saturated heterocycles. The average Bonchev–Trinajstić information content (AvgIpc) is 2.52. The van der Waals surface area contributed by atoms with E-state index in [1.807, 2.05) is 0 Å². The summed E-state index contributed by atoms with van der Waals surface area (Å²) in [6.07, 6.45) is 3.35. The second-order valence-corrected chi connectivity index (χ2v) is 2.93. The molecule has 4 heteroatoms. The predicted molar refractivity (Wildman–Crippen MR) is 46.5 cm³/mol. The molecule has 1 aromatic heterocycles. The molecular weight excluding hydrogens is 173 g/mol. The minimum atomic E-state index is -0.863. The summed E-state index contributed by atoms with van der Waals surface area (Å²) in [6, 6.07) is 1.70. The fraction of sp³-hybridized carbons (Fsp3) is 0.444. The summed E-state index contributed by atoms with van der Waals surface area (Å²) < 4.78 is 13.6. The average molecular weight is 185 g/mol. The van der Waals surface area contributed by atoms with Crippen LogP contribution in [0.3, 0.4) is 0 Å². The smallest absolute Gasteiger partial charge is 0.310 e. The lowest BCUT2D eigenvalue weighted by Gasteiger charge is -2.01. The van der Waals surface area contributed by atoms with Crippen LogP contribution in [0.1, 0.15) is 18.4 Å². The summed E-state index contributed by atoms with van der Waals surface area (Å²) in [7, 11) is 0. The number of aryl methyl sites for hydroxylation is 1. The maximum atomic E-state index is 11.9. The third kappa shape index (κ3) is 2.31. The van der Waals surface area contributed by atoms with Gasteiger partial charge in [-0.05, 0) is 18.6 Å². The third-order valence-electron chi connectivity index (χ3n) is 1.99. The maximum absolute atomic E-state index is 11.9. The van der Waals surface area contributed by atoms with Crippen LogP contribution in [0, 0.1) is 0 Å². The summed E-state index contributed by atoms with van der Waals surface area (Å²) in [4.78, 5) is 10.6. The Kier molecular flexibility index (Phi) is 3.06. The lowest BCUT2D eigenvalue weighted by molar-refractivity contribution is -0.138. The van der Waals surface area contributed by atoms with Gasteiger partial charge in [0.05, 0.1) is 12.5 Å². The topological polar surface area (TPSA) is 42.2 Å². The standard InChI is InChI=1S/C9H12FNO2/c1-7(9(12)13)8-2-4-11(6-8)5-3-10/h2,4,6-7H,3,5H2,1H3,(H,12,13). The first-order chi connectivity index (χ1) is 6.15. The highest BCUT2D eigenvalue weighted by Gasteiger charge is 2.14. The number of aromatic nitrogens is 1. The summed E-state index contributed by atoms with van der Waals surface area (Å²) in [5.74, 6) is -1.39. The van der Waals surface area contributed by atoms with Crippen LogP contribution in [0.2, 0.25) is 0 Å². The van der Waals surface area contributed by atoms with Gasteiger partial charge in [0.2, 0.25) is 0 Å². The van der Waals surface area contributed by atoms with Gasteiger partial charge >= 0.3 is 5.97 Å². The molecule has 1 atom stereocenters. The van der Waals surface area contributed by atoms with Gasteiger partial charge in [-0.2, -0.15) is 0 Å². The fourth-order valence-electron chi connectivity index (χ4n) is 1.09. The number of halogens is 1. The highest BCUT2D eigenvalue weighted by Crippen LogP contribution is 2.15. The van der Waals surface area contributed by atoms with E-state index in [0.29, 0.717) is 5.56 Å². The van der Waals surface area contributed by atoms with Crippen LogP contribution in [0.4, 0.5) is 4.39 Å². The Hall–Kier alpha value is -1.32. The lowest BCUT2D eigenvalue weighted by Crippen LogP contribution is -2.06. The van der Waals surface area contributed by atoms with Crippen LogP contribution in [0.25, 0.3) is 0 Å². The molecule has 13 heavy (non-hydrogen) atoms. The van der Waals surface area contributed by atoms with Gasteiger partial charge < -0.3 is 9.67 Å². The first kappa shape index (κ1) is 9.77. The van der Waals surface area contributed by atoms with Crippen LogP contribution in [0.15, 0.2) is 18.5 Å². The molecular formula is C9H12FNO2. The van der Waals surface area contributed by atoms with Gasteiger partial charge in [0.15, 0.2) is 0 Å². The number of carboxylic acids is 1. The number of rotatable bonds is 4. The minimum absolute atomic E-state index is 0.284.